The van der Waals surface area contributed by atoms with Gasteiger partial charge in [-0.15, -0.1) is 11.3 Å². The Labute approximate surface area is 243 Å². The number of unbranched alkanes of at least 4 members (excludes halogenated alkanes) is 12. The molecule has 0 spiro atoms. The summed E-state index contributed by atoms with van der Waals surface area (Å²) in [5.41, 5.74) is 2.64. The molecule has 0 aliphatic heterocycles. The van der Waals surface area contributed by atoms with Crippen LogP contribution >= 0.6 is 11.3 Å². The zero-order valence-electron chi connectivity index (χ0n) is 25.1. The van der Waals surface area contributed by atoms with E-state index in [9.17, 15) is 4.79 Å². The molecule has 2 aromatic rings. The highest BCUT2D eigenvalue weighted by atomic mass is 32.1. The van der Waals surface area contributed by atoms with Crippen LogP contribution in [0.2, 0.25) is 0 Å². The molecule has 0 saturated heterocycles. The van der Waals surface area contributed by atoms with Crippen molar-refractivity contribution in [2.24, 2.45) is 0 Å². The average Bonchev–Trinajstić information content (AvgIpc) is 3.47. The fourth-order valence-electron chi connectivity index (χ4n) is 6.09. The summed E-state index contributed by atoms with van der Waals surface area (Å²) in [6, 6.07) is 11.3. The van der Waals surface area contributed by atoms with Crippen LogP contribution in [0.1, 0.15) is 133 Å². The molecule has 1 heterocycles. The van der Waals surface area contributed by atoms with Crippen molar-refractivity contribution < 1.29 is 9.53 Å². The summed E-state index contributed by atoms with van der Waals surface area (Å²) in [4.78, 5) is 16.8. The Hall–Kier alpha value is -1.65. The second kappa shape index (κ2) is 19.4. The van der Waals surface area contributed by atoms with E-state index in [0.29, 0.717) is 12.5 Å². The molecule has 0 saturated carbocycles. The molecule has 3 rings (SSSR count). The van der Waals surface area contributed by atoms with Crippen LogP contribution in [0.15, 0.2) is 35.7 Å². The largest absolute Gasteiger partial charge is 0.426 e. The number of fused-ring (bicyclic) bond motifs is 1. The number of esters is 1. The molecule has 0 amide bonds. The van der Waals surface area contributed by atoms with Gasteiger partial charge in [-0.1, -0.05) is 109 Å². The predicted molar refractivity (Wildman–Crippen MR) is 168 cm³/mol. The Morgan fingerprint density at radius 1 is 0.846 bits per heavy atom. The van der Waals surface area contributed by atoms with E-state index in [0.717, 1.165) is 57.4 Å². The summed E-state index contributed by atoms with van der Waals surface area (Å²) in [6.07, 6.45) is 23.2. The molecule has 4 heteroatoms. The fourth-order valence-corrected chi connectivity index (χ4v) is 6.79. The molecule has 0 bridgehead atoms. The zero-order valence-corrected chi connectivity index (χ0v) is 25.9. The maximum Gasteiger partial charge on any atom is 0.311 e. The quantitative estimate of drug-likeness (QED) is 0.0875. The number of hydrogen-bond acceptors (Lipinski definition) is 4. The molecule has 0 fully saturated rings. The molecule has 0 radical (unpaired) electrons. The van der Waals surface area contributed by atoms with Gasteiger partial charge in [0.05, 0.1) is 0 Å². The SMILES string of the molecule is CCCCCCCCCCCCCCCC(=O)Oc1cccc2c1CCC(N(CCC)CCc1cccs1)C2. The van der Waals surface area contributed by atoms with Crippen LogP contribution in [0, 0.1) is 0 Å². The van der Waals surface area contributed by atoms with Crippen LogP contribution in [0.4, 0.5) is 0 Å². The van der Waals surface area contributed by atoms with Gasteiger partial charge in [0.2, 0.25) is 0 Å². The Morgan fingerprint density at radius 2 is 1.54 bits per heavy atom. The van der Waals surface area contributed by atoms with E-state index in [2.05, 4.69) is 48.4 Å². The van der Waals surface area contributed by atoms with E-state index in [4.69, 9.17) is 4.74 Å². The van der Waals surface area contributed by atoms with Crippen molar-refractivity contribution in [3.8, 4) is 5.75 Å². The monoisotopic (exact) mass is 553 g/mol. The lowest BCUT2D eigenvalue weighted by Gasteiger charge is -2.35. The summed E-state index contributed by atoms with van der Waals surface area (Å²) >= 11 is 1.87. The lowest BCUT2D eigenvalue weighted by Crippen LogP contribution is -2.41. The number of carbonyl (C=O) groups is 1. The van der Waals surface area contributed by atoms with Crippen molar-refractivity contribution >= 4 is 17.3 Å². The second-order valence-electron chi connectivity index (χ2n) is 11.6. The number of rotatable bonds is 21. The molecule has 1 aliphatic carbocycles. The lowest BCUT2D eigenvalue weighted by molar-refractivity contribution is -0.134. The van der Waals surface area contributed by atoms with Crippen molar-refractivity contribution in [2.45, 2.75) is 142 Å². The van der Waals surface area contributed by atoms with E-state index < -0.39 is 0 Å². The molecule has 1 aromatic carbocycles. The number of nitrogens with zero attached hydrogens (tertiary/aromatic N) is 1. The van der Waals surface area contributed by atoms with Gasteiger partial charge >= 0.3 is 5.97 Å². The standard InChI is InChI=1S/C35H55NO2S/c1-3-5-6-7-8-9-10-11-12-13-14-15-16-22-35(37)38-34-21-17-19-30-29-31(23-24-33(30)34)36(26-4-2)27-25-32-20-18-28-39-32/h17-21,28,31H,3-16,22-27,29H2,1-2H3. The normalized spacial score (nSPS) is 15.0. The summed E-state index contributed by atoms with van der Waals surface area (Å²) in [7, 11) is 0. The van der Waals surface area contributed by atoms with E-state index in [1.165, 1.54) is 93.1 Å². The van der Waals surface area contributed by atoms with Crippen molar-refractivity contribution in [2.75, 3.05) is 13.1 Å². The molecular formula is C35H55NO2S. The molecule has 218 valence electrons. The first-order chi connectivity index (χ1) is 19.2. The number of thiophene rings is 1. The zero-order chi connectivity index (χ0) is 27.5. The summed E-state index contributed by atoms with van der Waals surface area (Å²) < 4.78 is 5.91. The molecule has 3 nitrogen and oxygen atoms in total. The van der Waals surface area contributed by atoms with Crippen LogP contribution in [0.3, 0.4) is 0 Å². The van der Waals surface area contributed by atoms with Crippen molar-refractivity contribution in [3.63, 3.8) is 0 Å². The van der Waals surface area contributed by atoms with Gasteiger partial charge in [0, 0.05) is 23.9 Å². The van der Waals surface area contributed by atoms with Crippen LogP contribution in [0.5, 0.6) is 5.75 Å². The summed E-state index contributed by atoms with van der Waals surface area (Å²) in [5, 5.41) is 2.18. The first-order valence-electron chi connectivity index (χ1n) is 16.3. The Bertz CT molecular complexity index is 909. The first-order valence-corrected chi connectivity index (χ1v) is 17.2. The van der Waals surface area contributed by atoms with Gasteiger partial charge in [0.1, 0.15) is 5.75 Å². The summed E-state index contributed by atoms with van der Waals surface area (Å²) in [5.74, 6) is 0.753. The van der Waals surface area contributed by atoms with Crippen molar-refractivity contribution in [1.82, 2.24) is 4.90 Å². The van der Waals surface area contributed by atoms with Gasteiger partial charge in [0.15, 0.2) is 0 Å². The number of benzene rings is 1. The summed E-state index contributed by atoms with van der Waals surface area (Å²) in [6.45, 7) is 6.84. The molecular weight excluding hydrogens is 498 g/mol. The van der Waals surface area contributed by atoms with Gasteiger partial charge in [-0.3, -0.25) is 9.69 Å². The fraction of sp³-hybridized carbons (Fsp3) is 0.686. The number of ether oxygens (including phenoxy) is 1. The minimum absolute atomic E-state index is 0.0582. The van der Waals surface area contributed by atoms with Crippen LogP contribution < -0.4 is 4.74 Å². The minimum Gasteiger partial charge on any atom is -0.426 e. The van der Waals surface area contributed by atoms with Crippen molar-refractivity contribution in [3.05, 3.63) is 51.7 Å². The van der Waals surface area contributed by atoms with E-state index >= 15 is 0 Å². The number of carbonyl (C=O) groups excluding carboxylic acids is 1. The van der Waals surface area contributed by atoms with E-state index in [1.54, 1.807) is 0 Å². The van der Waals surface area contributed by atoms with Crippen LogP contribution in [-0.4, -0.2) is 30.0 Å². The van der Waals surface area contributed by atoms with E-state index in [1.807, 2.05) is 17.4 Å². The smallest absolute Gasteiger partial charge is 0.311 e. The highest BCUT2D eigenvalue weighted by Crippen LogP contribution is 2.32. The maximum atomic E-state index is 12.6. The Balaban J connectivity index is 1.32. The van der Waals surface area contributed by atoms with Crippen LogP contribution in [0.25, 0.3) is 0 Å². The van der Waals surface area contributed by atoms with Gasteiger partial charge in [-0.2, -0.15) is 0 Å². The third-order valence-electron chi connectivity index (χ3n) is 8.37. The van der Waals surface area contributed by atoms with E-state index in [-0.39, 0.29) is 5.97 Å². The topological polar surface area (TPSA) is 29.5 Å². The molecule has 1 atom stereocenters. The predicted octanol–water partition coefficient (Wildman–Crippen LogP) is 9.95. The Morgan fingerprint density at radius 3 is 2.18 bits per heavy atom. The third kappa shape index (κ3) is 12.2. The second-order valence-corrected chi connectivity index (χ2v) is 12.7. The third-order valence-corrected chi connectivity index (χ3v) is 9.31. The first kappa shape index (κ1) is 31.9. The highest BCUT2D eigenvalue weighted by Gasteiger charge is 2.26. The molecule has 1 aliphatic rings. The van der Waals surface area contributed by atoms with Gasteiger partial charge in [-0.25, -0.2) is 0 Å². The lowest BCUT2D eigenvalue weighted by atomic mass is 9.86. The van der Waals surface area contributed by atoms with Gasteiger partial charge in [0.25, 0.3) is 0 Å². The molecule has 1 aromatic heterocycles. The van der Waals surface area contributed by atoms with Gasteiger partial charge < -0.3 is 4.74 Å². The molecule has 0 N–H and O–H groups in total. The average molecular weight is 554 g/mol. The maximum absolute atomic E-state index is 12.6. The number of hydrogen-bond donors (Lipinski definition) is 0. The van der Waals surface area contributed by atoms with Crippen LogP contribution in [-0.2, 0) is 24.1 Å². The van der Waals surface area contributed by atoms with Crippen molar-refractivity contribution in [1.29, 1.82) is 0 Å². The molecule has 39 heavy (non-hydrogen) atoms. The molecule has 1 unspecified atom stereocenters. The minimum atomic E-state index is -0.0582. The van der Waals surface area contributed by atoms with Gasteiger partial charge in [-0.05, 0) is 73.7 Å². The highest BCUT2D eigenvalue weighted by molar-refractivity contribution is 7.09. The Kier molecular flexibility index (Phi) is 15.9.